The molecule has 0 N–H and O–H groups in total. The molecule has 4 aliphatic rings. The second-order valence-corrected chi connectivity index (χ2v) is 12.8. The molecule has 8 atom stereocenters. The summed E-state index contributed by atoms with van der Waals surface area (Å²) in [5.41, 5.74) is 1.77. The highest BCUT2D eigenvalue weighted by Crippen LogP contribution is 2.67. The van der Waals surface area contributed by atoms with Crippen molar-refractivity contribution in [2.45, 2.75) is 111 Å². The summed E-state index contributed by atoms with van der Waals surface area (Å²) in [5, 5.41) is 0. The highest BCUT2D eigenvalue weighted by Gasteiger charge is 2.59. The van der Waals surface area contributed by atoms with E-state index in [4.69, 9.17) is 16.3 Å². The van der Waals surface area contributed by atoms with Crippen LogP contribution in [0.25, 0.3) is 0 Å². The number of ether oxygens (including phenoxy) is 1. The van der Waals surface area contributed by atoms with E-state index in [2.05, 4.69) is 40.7 Å². The third kappa shape index (κ3) is 4.36. The lowest BCUT2D eigenvalue weighted by atomic mass is 9.47. The molecule has 1 unspecified atom stereocenters. The Morgan fingerprint density at radius 2 is 1.87 bits per heavy atom. The van der Waals surface area contributed by atoms with Crippen LogP contribution in [-0.2, 0) is 4.74 Å². The first-order chi connectivity index (χ1) is 14.6. The van der Waals surface area contributed by atoms with Gasteiger partial charge in [0.15, 0.2) is 0 Å². The Hall–Kier alpha value is -0.500. The van der Waals surface area contributed by atoms with Crippen molar-refractivity contribution < 1.29 is 9.53 Å². The van der Waals surface area contributed by atoms with E-state index in [1.807, 2.05) is 0 Å². The van der Waals surface area contributed by atoms with Crippen LogP contribution >= 0.6 is 11.6 Å². The first kappa shape index (κ1) is 23.7. The third-order valence-corrected chi connectivity index (χ3v) is 10.6. The van der Waals surface area contributed by atoms with E-state index >= 15 is 0 Å². The lowest BCUT2D eigenvalue weighted by Gasteiger charge is -2.58. The van der Waals surface area contributed by atoms with Crippen molar-refractivity contribution in [2.75, 3.05) is 0 Å². The average Bonchev–Trinajstić information content (AvgIpc) is 3.05. The summed E-state index contributed by atoms with van der Waals surface area (Å²) in [5.74, 6) is 5.19. The fraction of sp³-hybridized carbons (Fsp3) is 0.893. The van der Waals surface area contributed by atoms with Gasteiger partial charge in [-0.1, -0.05) is 65.5 Å². The van der Waals surface area contributed by atoms with Crippen LogP contribution in [0.5, 0.6) is 0 Å². The number of carbonyl (C=O) groups is 1. The topological polar surface area (TPSA) is 26.3 Å². The van der Waals surface area contributed by atoms with Gasteiger partial charge in [0.2, 0.25) is 0 Å². The fourth-order valence-electron chi connectivity index (χ4n) is 8.88. The van der Waals surface area contributed by atoms with E-state index in [-0.39, 0.29) is 6.10 Å². The van der Waals surface area contributed by atoms with Gasteiger partial charge in [-0.05, 0) is 91.3 Å². The van der Waals surface area contributed by atoms with Crippen molar-refractivity contribution in [3.05, 3.63) is 11.6 Å². The van der Waals surface area contributed by atoms with Crippen molar-refractivity contribution in [2.24, 2.45) is 46.3 Å². The van der Waals surface area contributed by atoms with E-state index in [9.17, 15) is 4.79 Å². The molecule has 3 heteroatoms. The van der Waals surface area contributed by atoms with Crippen LogP contribution in [0, 0.1) is 46.3 Å². The summed E-state index contributed by atoms with van der Waals surface area (Å²) in [6.45, 7) is 12.5. The van der Waals surface area contributed by atoms with Gasteiger partial charge in [0.1, 0.15) is 6.10 Å². The standard InChI is InChI=1S/C28H45ClO2/c1-18(2)7-6-8-19(3)23-11-12-24-22-10-9-20-17-21(31-26(29)30)13-15-27(20,4)25(22)14-16-28(23,24)5/h9,18-19,21-25H,6-8,10-17H2,1-5H3/t19?,21-,22-,23+,24-,25-,27-,28+/m0/s1. The third-order valence-electron chi connectivity index (χ3n) is 10.5. The molecule has 31 heavy (non-hydrogen) atoms. The van der Waals surface area contributed by atoms with E-state index in [1.54, 1.807) is 5.57 Å². The quantitative estimate of drug-likeness (QED) is 0.299. The highest BCUT2D eigenvalue weighted by atomic mass is 35.5. The Balaban J connectivity index is 1.47. The number of fused-ring (bicyclic) bond motifs is 5. The summed E-state index contributed by atoms with van der Waals surface area (Å²) in [6, 6.07) is 0. The zero-order valence-electron chi connectivity index (χ0n) is 20.6. The summed E-state index contributed by atoms with van der Waals surface area (Å²) < 4.78 is 5.38. The van der Waals surface area contributed by atoms with E-state index in [0.29, 0.717) is 10.8 Å². The van der Waals surface area contributed by atoms with Crippen LogP contribution in [0.1, 0.15) is 105 Å². The van der Waals surface area contributed by atoms with Crippen LogP contribution in [0.4, 0.5) is 4.79 Å². The smallest absolute Gasteiger partial charge is 0.404 e. The van der Waals surface area contributed by atoms with Gasteiger partial charge in [-0.2, -0.15) is 0 Å². The molecule has 4 rings (SSSR count). The largest absolute Gasteiger partial charge is 0.450 e. The maximum Gasteiger partial charge on any atom is 0.404 e. The van der Waals surface area contributed by atoms with Crippen molar-refractivity contribution in [3.63, 3.8) is 0 Å². The van der Waals surface area contributed by atoms with Gasteiger partial charge in [-0.15, -0.1) is 0 Å². The van der Waals surface area contributed by atoms with E-state index in [0.717, 1.165) is 54.8 Å². The Labute approximate surface area is 195 Å². The van der Waals surface area contributed by atoms with Gasteiger partial charge in [0.05, 0.1) is 0 Å². The second kappa shape index (κ2) is 9.03. The van der Waals surface area contributed by atoms with Gasteiger partial charge in [-0.25, -0.2) is 4.79 Å². The van der Waals surface area contributed by atoms with Crippen molar-refractivity contribution in [3.8, 4) is 0 Å². The molecule has 2 nitrogen and oxygen atoms in total. The predicted octanol–water partition coefficient (Wildman–Crippen LogP) is 8.77. The number of halogens is 1. The molecule has 0 amide bonds. The highest BCUT2D eigenvalue weighted by molar-refractivity contribution is 6.61. The molecule has 0 aromatic carbocycles. The minimum Gasteiger partial charge on any atom is -0.450 e. The molecule has 0 radical (unpaired) electrons. The molecular weight excluding hydrogens is 404 g/mol. The number of rotatable bonds is 6. The Morgan fingerprint density at radius 3 is 2.58 bits per heavy atom. The number of carbonyl (C=O) groups excluding carboxylic acids is 1. The Kier molecular flexibility index (Phi) is 6.89. The lowest BCUT2D eigenvalue weighted by molar-refractivity contribution is -0.0573. The van der Waals surface area contributed by atoms with Crippen LogP contribution in [0.3, 0.4) is 0 Å². The van der Waals surface area contributed by atoms with Crippen LogP contribution in [0.2, 0.25) is 0 Å². The minimum absolute atomic E-state index is 0.0164. The van der Waals surface area contributed by atoms with Gasteiger partial charge >= 0.3 is 5.43 Å². The minimum atomic E-state index is -0.643. The molecule has 0 bridgehead atoms. The molecule has 0 aliphatic heterocycles. The van der Waals surface area contributed by atoms with Crippen molar-refractivity contribution in [1.29, 1.82) is 0 Å². The van der Waals surface area contributed by atoms with Crippen LogP contribution in [-0.4, -0.2) is 11.5 Å². The molecule has 3 saturated carbocycles. The van der Waals surface area contributed by atoms with Gasteiger partial charge in [-0.3, -0.25) is 0 Å². The van der Waals surface area contributed by atoms with E-state index < -0.39 is 5.43 Å². The summed E-state index contributed by atoms with van der Waals surface area (Å²) in [4.78, 5) is 11.2. The van der Waals surface area contributed by atoms with Gasteiger partial charge in [0.25, 0.3) is 0 Å². The molecule has 176 valence electrons. The van der Waals surface area contributed by atoms with Gasteiger partial charge < -0.3 is 4.74 Å². The van der Waals surface area contributed by atoms with Crippen LogP contribution in [0.15, 0.2) is 11.6 Å². The number of allylic oxidation sites excluding steroid dienone is 1. The average molecular weight is 449 g/mol. The molecule has 0 saturated heterocycles. The molecule has 3 fully saturated rings. The molecule has 0 aromatic rings. The van der Waals surface area contributed by atoms with Gasteiger partial charge in [0, 0.05) is 18.0 Å². The second-order valence-electron chi connectivity index (χ2n) is 12.5. The molecule has 0 heterocycles. The lowest BCUT2D eigenvalue weighted by Crippen LogP contribution is -2.51. The fourth-order valence-corrected chi connectivity index (χ4v) is 9.01. The van der Waals surface area contributed by atoms with Crippen molar-refractivity contribution in [1.82, 2.24) is 0 Å². The maximum absolute atomic E-state index is 11.2. The Morgan fingerprint density at radius 1 is 1.10 bits per heavy atom. The summed E-state index contributed by atoms with van der Waals surface area (Å²) >= 11 is 5.51. The number of hydrogen-bond donors (Lipinski definition) is 0. The zero-order chi connectivity index (χ0) is 22.4. The first-order valence-corrected chi connectivity index (χ1v) is 13.6. The first-order valence-electron chi connectivity index (χ1n) is 13.2. The molecule has 0 aromatic heterocycles. The number of hydrogen-bond acceptors (Lipinski definition) is 2. The molecule has 0 spiro atoms. The zero-order valence-corrected chi connectivity index (χ0v) is 21.3. The predicted molar refractivity (Wildman–Crippen MR) is 129 cm³/mol. The normalized spacial score (nSPS) is 42.9. The summed E-state index contributed by atoms with van der Waals surface area (Å²) in [7, 11) is 0. The Bertz CT molecular complexity index is 699. The summed E-state index contributed by atoms with van der Waals surface area (Å²) in [6.07, 6.45) is 16.7. The molecular formula is C28H45ClO2. The molecule has 4 aliphatic carbocycles. The maximum atomic E-state index is 11.2. The SMILES string of the molecule is CC(C)CCCC(C)[C@H]1CC[C@H]2[C@@H]3CC=C4C[C@@H](OC(=O)Cl)CC[C@]4(C)[C@H]3CC[C@]12C. The van der Waals surface area contributed by atoms with Crippen LogP contribution < -0.4 is 0 Å². The van der Waals surface area contributed by atoms with Crippen molar-refractivity contribution >= 4 is 17.0 Å². The van der Waals surface area contributed by atoms with E-state index in [1.165, 1.54) is 51.4 Å². The monoisotopic (exact) mass is 448 g/mol.